The van der Waals surface area contributed by atoms with E-state index in [4.69, 9.17) is 0 Å². The molecule has 1 N–H and O–H groups in total. The third-order valence-corrected chi connectivity index (χ3v) is 4.98. The first-order valence-corrected chi connectivity index (χ1v) is 8.11. The number of hydrogen-bond acceptors (Lipinski definition) is 3. The van der Waals surface area contributed by atoms with E-state index in [1.54, 1.807) is 49.7 Å². The van der Waals surface area contributed by atoms with Crippen LogP contribution in [0.3, 0.4) is 0 Å². The molecule has 0 spiro atoms. The number of nitrogens with one attached hydrogen (secondary N) is 1. The Morgan fingerprint density at radius 2 is 2.00 bits per heavy atom. The second-order valence-electron chi connectivity index (χ2n) is 5.65. The Kier molecular flexibility index (Phi) is 3.98. The summed E-state index contributed by atoms with van der Waals surface area (Å²) in [5.74, 6) is -0.181. The highest BCUT2D eigenvalue weighted by molar-refractivity contribution is 7.14. The molecule has 3 rings (SSSR count). The van der Waals surface area contributed by atoms with Gasteiger partial charge < -0.3 is 10.2 Å². The Balaban J connectivity index is 1.76. The van der Waals surface area contributed by atoms with Crippen molar-refractivity contribution in [2.45, 2.75) is 19.3 Å². The van der Waals surface area contributed by atoms with Gasteiger partial charge in [0.15, 0.2) is 0 Å². The van der Waals surface area contributed by atoms with Crippen LogP contribution in [0, 0.1) is 0 Å². The second kappa shape index (κ2) is 5.93. The average Bonchev–Trinajstić information content (AvgIpc) is 3.07. The summed E-state index contributed by atoms with van der Waals surface area (Å²) >= 11 is 1.58. The van der Waals surface area contributed by atoms with Gasteiger partial charge in [0, 0.05) is 30.2 Å². The normalized spacial score (nSPS) is 12.8. The molecule has 4 nitrogen and oxygen atoms in total. The number of hydrogen-bond donors (Lipinski definition) is 1. The summed E-state index contributed by atoms with van der Waals surface area (Å²) < 4.78 is 0. The minimum absolute atomic E-state index is 0.0776. The molecule has 0 radical (unpaired) electrons. The molecule has 0 aliphatic heterocycles. The average molecular weight is 314 g/mol. The molecule has 1 aliphatic carbocycles. The van der Waals surface area contributed by atoms with E-state index in [0.29, 0.717) is 11.3 Å². The molecule has 0 saturated carbocycles. The van der Waals surface area contributed by atoms with Crippen molar-refractivity contribution in [3.8, 4) is 0 Å². The smallest absolute Gasteiger partial charge is 0.265 e. The fraction of sp³-hybridized carbons (Fsp3) is 0.294. The minimum atomic E-state index is -0.103. The zero-order chi connectivity index (χ0) is 15.7. The maximum absolute atomic E-state index is 12.3. The molecule has 1 heterocycles. The topological polar surface area (TPSA) is 49.4 Å². The van der Waals surface area contributed by atoms with E-state index >= 15 is 0 Å². The molecule has 2 amide bonds. The number of carbonyl (C=O) groups excluding carboxylic acids is 2. The van der Waals surface area contributed by atoms with Crippen LogP contribution in [0.2, 0.25) is 0 Å². The van der Waals surface area contributed by atoms with Crippen LogP contribution in [0.1, 0.15) is 36.9 Å². The highest BCUT2D eigenvalue weighted by Gasteiger charge is 2.18. The van der Waals surface area contributed by atoms with Crippen LogP contribution in [0.4, 0.5) is 5.69 Å². The van der Waals surface area contributed by atoms with Crippen LogP contribution in [0.25, 0.3) is 0 Å². The summed E-state index contributed by atoms with van der Waals surface area (Å²) in [4.78, 5) is 27.9. The lowest BCUT2D eigenvalue weighted by Gasteiger charge is -2.11. The summed E-state index contributed by atoms with van der Waals surface area (Å²) in [6, 6.07) is 9.03. The third kappa shape index (κ3) is 2.90. The van der Waals surface area contributed by atoms with Crippen LogP contribution in [-0.4, -0.2) is 30.8 Å². The quantitative estimate of drug-likeness (QED) is 0.946. The lowest BCUT2D eigenvalue weighted by atomic mass is 10.2. The molecule has 22 heavy (non-hydrogen) atoms. The molecule has 1 aromatic carbocycles. The third-order valence-electron chi connectivity index (χ3n) is 3.74. The number of anilines is 1. The molecule has 0 fully saturated rings. The van der Waals surface area contributed by atoms with Crippen LogP contribution in [0.15, 0.2) is 30.3 Å². The molecular formula is C17H18N2O2S. The van der Waals surface area contributed by atoms with Crippen molar-refractivity contribution in [1.82, 2.24) is 4.90 Å². The van der Waals surface area contributed by atoms with Crippen molar-refractivity contribution in [1.29, 1.82) is 0 Å². The number of rotatable bonds is 3. The van der Waals surface area contributed by atoms with Crippen molar-refractivity contribution < 1.29 is 9.59 Å². The van der Waals surface area contributed by atoms with Crippen molar-refractivity contribution in [3.63, 3.8) is 0 Å². The first-order chi connectivity index (χ1) is 10.5. The Morgan fingerprint density at radius 3 is 2.73 bits per heavy atom. The van der Waals surface area contributed by atoms with Gasteiger partial charge in [-0.3, -0.25) is 9.59 Å². The standard InChI is InChI=1S/C17H18N2O2S/c1-19(2)17(21)12-6-3-7-13(9-12)18-16(20)15-10-11-5-4-8-14(11)22-15/h3,6-7,9-10H,4-5,8H2,1-2H3,(H,18,20). The van der Waals surface area contributed by atoms with Gasteiger partial charge in [-0.05, 0) is 49.1 Å². The van der Waals surface area contributed by atoms with Crippen LogP contribution in [0.5, 0.6) is 0 Å². The van der Waals surface area contributed by atoms with Gasteiger partial charge in [0.2, 0.25) is 0 Å². The number of aryl methyl sites for hydroxylation is 2. The molecule has 0 bridgehead atoms. The number of thiophene rings is 1. The van der Waals surface area contributed by atoms with Crippen molar-refractivity contribution in [2.75, 3.05) is 19.4 Å². The first-order valence-electron chi connectivity index (χ1n) is 7.29. The predicted octanol–water partition coefficient (Wildman–Crippen LogP) is 3.19. The van der Waals surface area contributed by atoms with Gasteiger partial charge in [-0.25, -0.2) is 0 Å². The molecule has 114 valence electrons. The predicted molar refractivity (Wildman–Crippen MR) is 88.8 cm³/mol. The summed E-state index contributed by atoms with van der Waals surface area (Å²) in [6.45, 7) is 0. The van der Waals surface area contributed by atoms with Crippen molar-refractivity contribution in [3.05, 3.63) is 51.2 Å². The number of amides is 2. The van der Waals surface area contributed by atoms with E-state index in [0.717, 1.165) is 17.7 Å². The maximum atomic E-state index is 12.3. The highest BCUT2D eigenvalue weighted by atomic mass is 32.1. The fourth-order valence-corrected chi connectivity index (χ4v) is 3.77. The number of carbonyl (C=O) groups is 2. The summed E-state index contributed by atoms with van der Waals surface area (Å²) in [5, 5.41) is 2.88. The van der Waals surface area contributed by atoms with E-state index in [-0.39, 0.29) is 11.8 Å². The van der Waals surface area contributed by atoms with E-state index in [9.17, 15) is 9.59 Å². The Hall–Kier alpha value is -2.14. The lowest BCUT2D eigenvalue weighted by molar-refractivity contribution is 0.0827. The summed E-state index contributed by atoms with van der Waals surface area (Å²) in [6.07, 6.45) is 3.35. The molecule has 2 aromatic rings. The van der Waals surface area contributed by atoms with Gasteiger partial charge in [-0.1, -0.05) is 6.07 Å². The highest BCUT2D eigenvalue weighted by Crippen LogP contribution is 2.31. The Bertz CT molecular complexity index is 713. The van der Waals surface area contributed by atoms with E-state index in [2.05, 4.69) is 5.32 Å². The maximum Gasteiger partial charge on any atom is 0.265 e. The molecule has 5 heteroatoms. The minimum Gasteiger partial charge on any atom is -0.345 e. The lowest BCUT2D eigenvalue weighted by Crippen LogP contribution is -2.21. The monoisotopic (exact) mass is 314 g/mol. The summed E-state index contributed by atoms with van der Waals surface area (Å²) in [7, 11) is 3.42. The molecule has 1 aromatic heterocycles. The van der Waals surface area contributed by atoms with Gasteiger partial charge in [0.1, 0.15) is 0 Å². The van der Waals surface area contributed by atoms with Gasteiger partial charge in [-0.15, -0.1) is 11.3 Å². The van der Waals surface area contributed by atoms with Crippen LogP contribution in [-0.2, 0) is 12.8 Å². The molecule has 1 aliphatic rings. The van der Waals surface area contributed by atoms with Crippen LogP contribution < -0.4 is 5.32 Å². The molecule has 0 atom stereocenters. The fourth-order valence-electron chi connectivity index (χ4n) is 2.62. The molecular weight excluding hydrogens is 296 g/mol. The van der Waals surface area contributed by atoms with Gasteiger partial charge in [0.25, 0.3) is 11.8 Å². The SMILES string of the molecule is CN(C)C(=O)c1cccc(NC(=O)c2cc3c(s2)CCC3)c1. The van der Waals surface area contributed by atoms with Gasteiger partial charge >= 0.3 is 0 Å². The Morgan fingerprint density at radius 1 is 1.18 bits per heavy atom. The molecule has 0 unspecified atom stereocenters. The number of benzene rings is 1. The van der Waals surface area contributed by atoms with Crippen molar-refractivity contribution in [2.24, 2.45) is 0 Å². The molecule has 0 saturated heterocycles. The second-order valence-corrected chi connectivity index (χ2v) is 6.78. The number of nitrogens with zero attached hydrogens (tertiary/aromatic N) is 1. The summed E-state index contributed by atoms with van der Waals surface area (Å²) in [5.41, 5.74) is 2.52. The zero-order valence-corrected chi connectivity index (χ0v) is 13.5. The van der Waals surface area contributed by atoms with Crippen molar-refractivity contribution >= 4 is 28.8 Å². The van der Waals surface area contributed by atoms with Gasteiger partial charge in [-0.2, -0.15) is 0 Å². The Labute approximate surface area is 133 Å². The van der Waals surface area contributed by atoms with Crippen LogP contribution >= 0.6 is 11.3 Å². The van der Waals surface area contributed by atoms with E-state index < -0.39 is 0 Å². The number of fused-ring (bicyclic) bond motifs is 1. The van der Waals surface area contributed by atoms with E-state index in [1.165, 1.54) is 21.8 Å². The first kappa shape index (κ1) is 14.8. The zero-order valence-electron chi connectivity index (χ0n) is 12.7. The van der Waals surface area contributed by atoms with Gasteiger partial charge in [0.05, 0.1) is 4.88 Å². The largest absolute Gasteiger partial charge is 0.345 e. The van der Waals surface area contributed by atoms with E-state index in [1.807, 2.05) is 6.07 Å².